The van der Waals surface area contributed by atoms with Gasteiger partial charge in [-0.1, -0.05) is 27.5 Å². The molecule has 2 aromatic carbocycles. The molecular weight excluding hydrogens is 442 g/mol. The molecule has 0 atom stereocenters. The molecule has 8 nitrogen and oxygen atoms in total. The van der Waals surface area contributed by atoms with Gasteiger partial charge in [-0.3, -0.25) is 14.9 Å². The Morgan fingerprint density at radius 1 is 1.11 bits per heavy atom. The maximum atomic E-state index is 12.7. The van der Waals surface area contributed by atoms with Crippen molar-refractivity contribution in [1.29, 1.82) is 0 Å². The molecule has 3 amide bonds. The summed E-state index contributed by atoms with van der Waals surface area (Å²) in [4.78, 5) is 35.2. The van der Waals surface area contributed by atoms with E-state index in [1.165, 1.54) is 18.2 Å². The first-order chi connectivity index (χ1) is 12.8. The minimum Gasteiger partial charge on any atom is -0.465 e. The molecule has 10 heteroatoms. The van der Waals surface area contributed by atoms with E-state index in [4.69, 9.17) is 26.9 Å². The highest BCUT2D eigenvalue weighted by Gasteiger charge is 2.22. The number of carboxylic acid groups (broad SMARTS) is 1. The number of hydrogen-bond acceptors (Lipinski definition) is 4. The molecule has 0 aliphatic rings. The number of carbonyl (C=O) groups is 3. The monoisotopic (exact) mass is 451 g/mol. The normalized spacial score (nSPS) is 10.6. The van der Waals surface area contributed by atoms with Gasteiger partial charge >= 0.3 is 6.09 Å². The van der Waals surface area contributed by atoms with Gasteiger partial charge in [-0.05, 0) is 36.4 Å². The zero-order valence-corrected chi connectivity index (χ0v) is 15.7. The summed E-state index contributed by atoms with van der Waals surface area (Å²) in [6.07, 6.45) is -1.29. The van der Waals surface area contributed by atoms with Crippen molar-refractivity contribution in [2.75, 3.05) is 10.6 Å². The minimum absolute atomic E-state index is 0.00249. The summed E-state index contributed by atoms with van der Waals surface area (Å²) in [6, 6.07) is 9.04. The van der Waals surface area contributed by atoms with Gasteiger partial charge in [-0.15, -0.1) is 0 Å². The third-order valence-electron chi connectivity index (χ3n) is 3.57. The summed E-state index contributed by atoms with van der Waals surface area (Å²) in [7, 11) is 0. The van der Waals surface area contributed by atoms with E-state index in [9.17, 15) is 14.4 Å². The average molecular weight is 453 g/mol. The smallest absolute Gasteiger partial charge is 0.409 e. The van der Waals surface area contributed by atoms with Crippen molar-refractivity contribution in [3.8, 4) is 0 Å². The number of anilines is 2. The van der Waals surface area contributed by atoms with Crippen LogP contribution in [-0.4, -0.2) is 23.0 Å². The van der Waals surface area contributed by atoms with E-state index in [1.54, 1.807) is 18.2 Å². The van der Waals surface area contributed by atoms with Crippen molar-refractivity contribution < 1.29 is 23.9 Å². The SMILES string of the molecule is NC(=O)c1oc2ccc(Br)cc2c1NC(=O)c1cc(NC(=O)O)ccc1Cl. The highest BCUT2D eigenvalue weighted by Crippen LogP contribution is 2.33. The number of amides is 3. The van der Waals surface area contributed by atoms with Crippen LogP contribution in [0.2, 0.25) is 5.02 Å². The molecular formula is C17H11BrClN3O5. The zero-order valence-electron chi connectivity index (χ0n) is 13.4. The first kappa shape index (κ1) is 18.7. The fraction of sp³-hybridized carbons (Fsp3) is 0. The average Bonchev–Trinajstić information content (AvgIpc) is 2.94. The Balaban J connectivity index is 2.04. The molecule has 0 bridgehead atoms. The van der Waals surface area contributed by atoms with E-state index in [1.807, 2.05) is 0 Å². The van der Waals surface area contributed by atoms with Crippen LogP contribution in [0.25, 0.3) is 11.0 Å². The Labute approximate surface area is 165 Å². The molecule has 27 heavy (non-hydrogen) atoms. The van der Waals surface area contributed by atoms with Gasteiger partial charge in [0.1, 0.15) is 11.3 Å². The van der Waals surface area contributed by atoms with Gasteiger partial charge in [0.15, 0.2) is 0 Å². The van der Waals surface area contributed by atoms with Crippen molar-refractivity contribution >= 4 is 67.8 Å². The summed E-state index contributed by atoms with van der Waals surface area (Å²) in [5, 5.41) is 14.1. The highest BCUT2D eigenvalue weighted by atomic mass is 79.9. The van der Waals surface area contributed by atoms with Crippen molar-refractivity contribution in [2.24, 2.45) is 5.73 Å². The molecule has 0 radical (unpaired) electrons. The lowest BCUT2D eigenvalue weighted by atomic mass is 10.1. The molecule has 3 rings (SSSR count). The van der Waals surface area contributed by atoms with Gasteiger partial charge in [0.05, 0.1) is 10.6 Å². The first-order valence-electron chi connectivity index (χ1n) is 7.39. The molecule has 0 unspecified atom stereocenters. The largest absolute Gasteiger partial charge is 0.465 e. The second-order valence-corrected chi connectivity index (χ2v) is 6.71. The Morgan fingerprint density at radius 2 is 1.85 bits per heavy atom. The molecule has 3 aromatic rings. The fourth-order valence-corrected chi connectivity index (χ4v) is 3.01. The lowest BCUT2D eigenvalue weighted by molar-refractivity contribution is 0.0977. The fourth-order valence-electron chi connectivity index (χ4n) is 2.45. The quantitative estimate of drug-likeness (QED) is 0.468. The molecule has 5 N–H and O–H groups in total. The van der Waals surface area contributed by atoms with Gasteiger partial charge < -0.3 is 20.6 Å². The van der Waals surface area contributed by atoms with Crippen LogP contribution in [0.5, 0.6) is 0 Å². The van der Waals surface area contributed by atoms with Gasteiger partial charge in [0.2, 0.25) is 5.76 Å². The minimum atomic E-state index is -1.29. The molecule has 0 fully saturated rings. The van der Waals surface area contributed by atoms with Crippen LogP contribution >= 0.6 is 27.5 Å². The number of halogens is 2. The van der Waals surface area contributed by atoms with Crippen LogP contribution in [0.4, 0.5) is 16.2 Å². The van der Waals surface area contributed by atoms with Gasteiger partial charge in [0, 0.05) is 15.5 Å². The van der Waals surface area contributed by atoms with Gasteiger partial charge in [0.25, 0.3) is 11.8 Å². The van der Waals surface area contributed by atoms with E-state index in [0.717, 1.165) is 0 Å². The van der Waals surface area contributed by atoms with Crippen LogP contribution in [0.3, 0.4) is 0 Å². The number of nitrogens with two attached hydrogens (primary N) is 1. The summed E-state index contributed by atoms with van der Waals surface area (Å²) in [6.45, 7) is 0. The van der Waals surface area contributed by atoms with Crippen LogP contribution in [-0.2, 0) is 0 Å². The van der Waals surface area contributed by atoms with Gasteiger partial charge in [-0.2, -0.15) is 0 Å². The number of hydrogen-bond donors (Lipinski definition) is 4. The van der Waals surface area contributed by atoms with Crippen molar-refractivity contribution in [1.82, 2.24) is 0 Å². The lowest BCUT2D eigenvalue weighted by Crippen LogP contribution is -2.18. The summed E-state index contributed by atoms with van der Waals surface area (Å²) in [5.74, 6) is -1.74. The maximum absolute atomic E-state index is 12.7. The van der Waals surface area contributed by atoms with E-state index in [0.29, 0.717) is 15.4 Å². The molecule has 0 saturated heterocycles. The lowest BCUT2D eigenvalue weighted by Gasteiger charge is -2.09. The van der Waals surface area contributed by atoms with Crippen molar-refractivity contribution in [3.05, 3.63) is 57.2 Å². The predicted molar refractivity (Wildman–Crippen MR) is 103 cm³/mol. The Bertz CT molecular complexity index is 1100. The molecule has 1 aromatic heterocycles. The first-order valence-corrected chi connectivity index (χ1v) is 8.56. The standard InChI is InChI=1S/C17H11BrClN3O5/c18-7-1-4-12-10(5-7)13(14(27-12)15(20)23)22-16(24)9-6-8(21-17(25)26)2-3-11(9)19/h1-6,21H,(H2,20,23)(H,22,24)(H,25,26). The number of rotatable bonds is 4. The number of primary amides is 1. The number of nitrogens with one attached hydrogen (secondary N) is 2. The number of furan rings is 1. The number of benzene rings is 2. The van der Waals surface area contributed by atoms with Crippen molar-refractivity contribution in [2.45, 2.75) is 0 Å². The predicted octanol–water partition coefficient (Wildman–Crippen LogP) is 4.29. The van der Waals surface area contributed by atoms with E-state index in [-0.39, 0.29) is 27.7 Å². The molecule has 0 spiro atoms. The Kier molecular flexibility index (Phi) is 5.06. The third-order valence-corrected chi connectivity index (χ3v) is 4.40. The van der Waals surface area contributed by atoms with E-state index in [2.05, 4.69) is 26.6 Å². The second kappa shape index (κ2) is 7.29. The summed E-state index contributed by atoms with van der Waals surface area (Å²) in [5.41, 5.74) is 5.95. The van der Waals surface area contributed by atoms with Crippen LogP contribution in [0.1, 0.15) is 20.9 Å². The van der Waals surface area contributed by atoms with E-state index >= 15 is 0 Å². The molecule has 0 aliphatic carbocycles. The molecule has 1 heterocycles. The molecule has 0 aliphatic heterocycles. The zero-order chi connectivity index (χ0) is 19.7. The topological polar surface area (TPSA) is 135 Å². The second-order valence-electron chi connectivity index (χ2n) is 5.39. The van der Waals surface area contributed by atoms with Crippen LogP contribution in [0, 0.1) is 0 Å². The van der Waals surface area contributed by atoms with Crippen LogP contribution in [0.15, 0.2) is 45.3 Å². The third kappa shape index (κ3) is 3.88. The maximum Gasteiger partial charge on any atom is 0.409 e. The number of fused-ring (bicyclic) bond motifs is 1. The molecule has 0 saturated carbocycles. The Hall–Kier alpha value is -3.04. The highest BCUT2D eigenvalue weighted by molar-refractivity contribution is 9.10. The summed E-state index contributed by atoms with van der Waals surface area (Å²) < 4.78 is 6.13. The van der Waals surface area contributed by atoms with Gasteiger partial charge in [-0.25, -0.2) is 4.79 Å². The Morgan fingerprint density at radius 3 is 2.52 bits per heavy atom. The summed E-state index contributed by atoms with van der Waals surface area (Å²) >= 11 is 9.37. The molecule has 138 valence electrons. The van der Waals surface area contributed by atoms with Crippen LogP contribution < -0.4 is 16.4 Å². The van der Waals surface area contributed by atoms with E-state index < -0.39 is 17.9 Å². The van der Waals surface area contributed by atoms with Crippen molar-refractivity contribution in [3.63, 3.8) is 0 Å². The number of carbonyl (C=O) groups excluding carboxylic acids is 2.